The molecule has 4 aromatic carbocycles. The van der Waals surface area contributed by atoms with Gasteiger partial charge >= 0.3 is 0 Å². The van der Waals surface area contributed by atoms with E-state index in [1.807, 2.05) is 126 Å². The van der Waals surface area contributed by atoms with E-state index in [0.717, 1.165) is 56.0 Å². The molecule has 2 heterocycles. The first kappa shape index (κ1) is 31.1. The van der Waals surface area contributed by atoms with Gasteiger partial charge in [0.15, 0.2) is 13.5 Å². The molecule has 46 heavy (non-hydrogen) atoms. The van der Waals surface area contributed by atoms with E-state index in [2.05, 4.69) is 12.1 Å². The zero-order chi connectivity index (χ0) is 32.4. The van der Waals surface area contributed by atoms with E-state index in [1.165, 1.54) is 0 Å². The van der Waals surface area contributed by atoms with Crippen LogP contribution in [0.1, 0.15) is 47.2 Å². The molecule has 0 bridgehead atoms. The number of carbonyl (C=O) groups is 1. The quantitative estimate of drug-likeness (QED) is 0.179. The highest BCUT2D eigenvalue weighted by Crippen LogP contribution is 2.40. The maximum Gasteiger partial charge on any atom is 0.268 e. The number of aryl methyl sites for hydroxylation is 4. The Morgan fingerprint density at radius 2 is 1.00 bits per heavy atom. The van der Waals surface area contributed by atoms with Crippen molar-refractivity contribution >= 4 is 16.9 Å². The van der Waals surface area contributed by atoms with Crippen LogP contribution in [0.15, 0.2) is 109 Å². The van der Waals surface area contributed by atoms with Gasteiger partial charge in [-0.05, 0) is 87.1 Å². The fourth-order valence-electron chi connectivity index (χ4n) is 5.84. The van der Waals surface area contributed by atoms with Crippen molar-refractivity contribution < 1.29 is 23.9 Å². The first-order valence-corrected chi connectivity index (χ1v) is 15.6. The number of ether oxygens (including phenoxy) is 2. The minimum absolute atomic E-state index is 0.135. The van der Waals surface area contributed by atoms with E-state index in [4.69, 9.17) is 19.1 Å². The number of Topliss-reactive ketones (excluding diaryl/α,β-unsaturated/α-hetero) is 1. The van der Waals surface area contributed by atoms with Crippen LogP contribution in [0.4, 0.5) is 0 Å². The van der Waals surface area contributed by atoms with Crippen molar-refractivity contribution in [2.75, 3.05) is 13.5 Å². The minimum Gasteiger partial charge on any atom is -0.475 e. The number of rotatable bonds is 10. The molecule has 6 rings (SSSR count). The molecule has 7 nitrogen and oxygen atoms in total. The monoisotopic (exact) mass is 616 g/mol. The van der Waals surface area contributed by atoms with Crippen molar-refractivity contribution in [1.82, 2.24) is 10.1 Å². The Hall–Kier alpha value is -4.85. The lowest BCUT2D eigenvalue weighted by Gasteiger charge is -2.22. The molecular formula is C39H40N2O5. The average molecular weight is 617 g/mol. The highest BCUT2D eigenvalue weighted by Gasteiger charge is 2.43. The molecule has 0 N–H and O–H groups in total. The molecule has 0 fully saturated rings. The highest BCUT2D eigenvalue weighted by atomic mass is 16.7. The molecule has 0 aromatic heterocycles. The largest absolute Gasteiger partial charge is 0.475 e. The van der Waals surface area contributed by atoms with Gasteiger partial charge in [0.1, 0.15) is 11.5 Å². The third-order valence-corrected chi connectivity index (χ3v) is 8.57. The van der Waals surface area contributed by atoms with E-state index < -0.39 is 0 Å². The molecule has 2 aliphatic rings. The third-order valence-electron chi connectivity index (χ3n) is 8.57. The highest BCUT2D eigenvalue weighted by molar-refractivity contribution is 6.15. The van der Waals surface area contributed by atoms with Gasteiger partial charge < -0.3 is 19.1 Å². The molecule has 7 heteroatoms. The van der Waals surface area contributed by atoms with E-state index in [1.54, 1.807) is 10.1 Å². The number of hydroxylamine groups is 4. The first-order valence-electron chi connectivity index (χ1n) is 15.6. The van der Waals surface area contributed by atoms with Crippen LogP contribution in [0.3, 0.4) is 0 Å². The standard InChI is InChI=1S/C39H40N2O5/c1-25-17-19-27(3)33(21-25)43-23-40-29(5)35(31-13-9-7-10-14-31)38(45-40)37(42)39-36(32-15-11-8-12-16-32)30(6)41(46-39)24-44-34-22-26(2)18-20-28(34)4/h7-22,29-30H,23-24H2,1-6H3. The van der Waals surface area contributed by atoms with Crippen LogP contribution in [0.5, 0.6) is 11.5 Å². The van der Waals surface area contributed by atoms with E-state index in [9.17, 15) is 4.79 Å². The molecule has 0 amide bonds. The van der Waals surface area contributed by atoms with E-state index >= 15 is 0 Å². The van der Waals surface area contributed by atoms with Crippen LogP contribution in [0, 0.1) is 27.7 Å². The molecule has 236 valence electrons. The maximum absolute atomic E-state index is 14.6. The van der Waals surface area contributed by atoms with Gasteiger partial charge in [0.05, 0.1) is 12.1 Å². The zero-order valence-corrected chi connectivity index (χ0v) is 27.2. The molecule has 0 saturated heterocycles. The summed E-state index contributed by atoms with van der Waals surface area (Å²) in [5, 5.41) is 3.42. The van der Waals surface area contributed by atoms with Crippen LogP contribution < -0.4 is 9.47 Å². The maximum atomic E-state index is 14.6. The molecule has 2 aliphatic heterocycles. The van der Waals surface area contributed by atoms with Gasteiger partial charge in [0.2, 0.25) is 11.5 Å². The predicted octanol–water partition coefficient (Wildman–Crippen LogP) is 7.96. The number of ketones is 1. The summed E-state index contributed by atoms with van der Waals surface area (Å²) in [4.78, 5) is 27.4. The summed E-state index contributed by atoms with van der Waals surface area (Å²) in [6, 6.07) is 31.4. The molecule has 0 saturated carbocycles. The van der Waals surface area contributed by atoms with Crippen LogP contribution in [0.2, 0.25) is 0 Å². The lowest BCUT2D eigenvalue weighted by Crippen LogP contribution is -2.32. The summed E-state index contributed by atoms with van der Waals surface area (Å²) in [5.74, 6) is 1.66. The van der Waals surface area contributed by atoms with Crippen molar-refractivity contribution in [2.45, 2.75) is 53.6 Å². The van der Waals surface area contributed by atoms with Gasteiger partial charge in [0, 0.05) is 11.1 Å². The fraction of sp³-hybridized carbons (Fsp3) is 0.256. The summed E-state index contributed by atoms with van der Waals surface area (Å²) >= 11 is 0. The topological polar surface area (TPSA) is 60.5 Å². The Labute approximate surface area is 271 Å². The molecule has 0 radical (unpaired) electrons. The molecule has 2 atom stereocenters. The fourth-order valence-corrected chi connectivity index (χ4v) is 5.84. The number of hydrogen-bond acceptors (Lipinski definition) is 7. The van der Waals surface area contributed by atoms with Gasteiger partial charge in [-0.1, -0.05) is 95.1 Å². The van der Waals surface area contributed by atoms with Crippen LogP contribution >= 0.6 is 0 Å². The summed E-state index contributed by atoms with van der Waals surface area (Å²) < 4.78 is 12.4. The van der Waals surface area contributed by atoms with Gasteiger partial charge in [-0.25, -0.2) is 0 Å². The zero-order valence-electron chi connectivity index (χ0n) is 27.2. The summed E-state index contributed by atoms with van der Waals surface area (Å²) in [5.41, 5.74) is 7.61. The number of nitrogens with zero attached hydrogens (tertiary/aromatic N) is 2. The Morgan fingerprint density at radius 3 is 1.39 bits per heavy atom. The van der Waals surface area contributed by atoms with Crippen LogP contribution in [0.25, 0.3) is 11.1 Å². The SMILES string of the molecule is Cc1ccc(C)c(OCN2OC(C(=O)C3=C(c4ccccc4)C(C)N(COc4cc(C)ccc4C)O3)=C(c3ccccc3)C2C)c1. The smallest absolute Gasteiger partial charge is 0.268 e. The second-order valence-electron chi connectivity index (χ2n) is 12.0. The van der Waals surface area contributed by atoms with Crippen molar-refractivity contribution in [3.63, 3.8) is 0 Å². The number of hydrogen-bond donors (Lipinski definition) is 0. The first-order chi connectivity index (χ1) is 22.2. The van der Waals surface area contributed by atoms with E-state index in [0.29, 0.717) is 0 Å². The molecule has 0 aliphatic carbocycles. The minimum atomic E-state index is -0.333. The van der Waals surface area contributed by atoms with Gasteiger partial charge in [0.25, 0.3) is 5.78 Å². The number of carbonyl (C=O) groups excluding carboxylic acids is 1. The Kier molecular flexibility index (Phi) is 8.97. The van der Waals surface area contributed by atoms with Crippen LogP contribution in [-0.2, 0) is 14.5 Å². The van der Waals surface area contributed by atoms with Crippen LogP contribution in [-0.4, -0.2) is 41.5 Å². The Bertz CT molecular complexity index is 1670. The Morgan fingerprint density at radius 1 is 0.609 bits per heavy atom. The van der Waals surface area contributed by atoms with Crippen molar-refractivity contribution in [3.05, 3.63) is 142 Å². The van der Waals surface area contributed by atoms with Gasteiger partial charge in [-0.2, -0.15) is 0 Å². The second kappa shape index (κ2) is 13.3. The van der Waals surface area contributed by atoms with E-state index in [-0.39, 0.29) is 42.8 Å². The predicted molar refractivity (Wildman–Crippen MR) is 179 cm³/mol. The summed E-state index contributed by atoms with van der Waals surface area (Å²) in [6.07, 6.45) is 0. The average Bonchev–Trinajstić information content (AvgIpc) is 3.58. The summed E-state index contributed by atoms with van der Waals surface area (Å²) in [6.45, 7) is 12.4. The number of benzene rings is 4. The molecule has 4 aromatic rings. The lowest BCUT2D eigenvalue weighted by atomic mass is 9.94. The van der Waals surface area contributed by atoms with Crippen molar-refractivity contribution in [1.29, 1.82) is 0 Å². The normalized spacial score (nSPS) is 18.5. The molecular weight excluding hydrogens is 576 g/mol. The molecule has 2 unspecified atom stereocenters. The van der Waals surface area contributed by atoms with Crippen molar-refractivity contribution in [2.24, 2.45) is 0 Å². The van der Waals surface area contributed by atoms with Gasteiger partial charge in [-0.3, -0.25) is 4.79 Å². The van der Waals surface area contributed by atoms with Gasteiger partial charge in [-0.15, -0.1) is 0 Å². The summed E-state index contributed by atoms with van der Waals surface area (Å²) in [7, 11) is 0. The second-order valence-corrected chi connectivity index (χ2v) is 12.0. The van der Waals surface area contributed by atoms with Crippen molar-refractivity contribution in [3.8, 4) is 11.5 Å². The lowest BCUT2D eigenvalue weighted by molar-refractivity contribution is -0.171. The third kappa shape index (κ3) is 6.29. The molecule has 0 spiro atoms. The Balaban J connectivity index is 1.33.